The van der Waals surface area contributed by atoms with E-state index in [0.29, 0.717) is 50.2 Å². The third kappa shape index (κ3) is 7.90. The molecule has 214 valence electrons. The van der Waals surface area contributed by atoms with E-state index >= 15 is 0 Å². The summed E-state index contributed by atoms with van der Waals surface area (Å²) in [6.45, 7) is 3.76. The molecular formula is C27H30F3N5O4S. The number of carbonyl (C=O) groups excluding carboxylic acids is 2. The van der Waals surface area contributed by atoms with E-state index in [1.807, 2.05) is 24.4 Å². The minimum atomic E-state index is -3.12. The molecule has 2 atom stereocenters. The van der Waals surface area contributed by atoms with Gasteiger partial charge < -0.3 is 19.7 Å². The standard InChI is InChI=1S/C27H30F3N5O4S/c1-16(22(37)9-6-19-13-40-26(34-19)33-17(2)36)18-4-7-20(8-5-18)39-21-10-11-35(12-21)24-23(28)25(32-15-31-24)38-14-27(3,29)30/h4-5,7-8,13,15-16,21H,6,9-12,14H2,1-3H3,(H,33,34,36)/t16?,21-/m1/s1. The quantitative estimate of drug-likeness (QED) is 0.320. The largest absolute Gasteiger partial charge is 0.489 e. The molecule has 1 unspecified atom stereocenters. The molecule has 13 heteroatoms. The van der Waals surface area contributed by atoms with E-state index in [-0.39, 0.29) is 29.5 Å². The number of alkyl halides is 2. The molecule has 0 bridgehead atoms. The zero-order chi connectivity index (χ0) is 28.9. The van der Waals surface area contributed by atoms with E-state index in [2.05, 4.69) is 20.3 Å². The van der Waals surface area contributed by atoms with E-state index in [9.17, 15) is 22.8 Å². The van der Waals surface area contributed by atoms with Crippen molar-refractivity contribution in [2.24, 2.45) is 0 Å². The van der Waals surface area contributed by atoms with Crippen LogP contribution in [0.5, 0.6) is 11.6 Å². The summed E-state index contributed by atoms with van der Waals surface area (Å²) in [5, 5.41) is 4.99. The number of thiazole rings is 1. The van der Waals surface area contributed by atoms with Crippen LogP contribution in [0.15, 0.2) is 36.0 Å². The van der Waals surface area contributed by atoms with E-state index in [1.54, 1.807) is 17.0 Å². The van der Waals surface area contributed by atoms with E-state index < -0.39 is 24.2 Å². The molecule has 1 aliphatic rings. The number of ketones is 1. The second-order valence-corrected chi connectivity index (χ2v) is 10.6. The highest BCUT2D eigenvalue weighted by molar-refractivity contribution is 7.13. The maximum absolute atomic E-state index is 14.8. The van der Waals surface area contributed by atoms with Gasteiger partial charge in [0.05, 0.1) is 12.2 Å². The predicted molar refractivity (Wildman–Crippen MR) is 144 cm³/mol. The number of aryl methyl sites for hydroxylation is 1. The van der Waals surface area contributed by atoms with Gasteiger partial charge in [-0.2, -0.15) is 9.37 Å². The summed E-state index contributed by atoms with van der Waals surface area (Å²) in [7, 11) is 0. The molecule has 1 saturated heterocycles. The van der Waals surface area contributed by atoms with Crippen molar-refractivity contribution in [3.05, 3.63) is 53.0 Å². The van der Waals surface area contributed by atoms with Gasteiger partial charge in [-0.3, -0.25) is 9.59 Å². The number of ether oxygens (including phenoxy) is 2. The van der Waals surface area contributed by atoms with Crippen molar-refractivity contribution in [3.63, 3.8) is 0 Å². The Morgan fingerprint density at radius 1 is 1.25 bits per heavy atom. The first-order chi connectivity index (χ1) is 19.0. The van der Waals surface area contributed by atoms with E-state index in [0.717, 1.165) is 17.6 Å². The number of hydrogen-bond donors (Lipinski definition) is 1. The fourth-order valence-corrected chi connectivity index (χ4v) is 4.98. The lowest BCUT2D eigenvalue weighted by Gasteiger charge is -2.20. The van der Waals surface area contributed by atoms with Gasteiger partial charge in [0.25, 0.3) is 11.8 Å². The van der Waals surface area contributed by atoms with Crippen LogP contribution in [-0.4, -0.2) is 58.4 Å². The Morgan fingerprint density at radius 3 is 2.70 bits per heavy atom. The Morgan fingerprint density at radius 2 is 2.00 bits per heavy atom. The molecular weight excluding hydrogens is 547 g/mol. The Kier molecular flexibility index (Phi) is 9.23. The molecule has 40 heavy (non-hydrogen) atoms. The summed E-state index contributed by atoms with van der Waals surface area (Å²) in [6, 6.07) is 7.28. The van der Waals surface area contributed by atoms with Gasteiger partial charge in [-0.25, -0.2) is 18.7 Å². The number of nitrogens with zero attached hydrogens (tertiary/aromatic N) is 4. The van der Waals surface area contributed by atoms with Crippen molar-refractivity contribution in [1.29, 1.82) is 0 Å². The van der Waals surface area contributed by atoms with Crippen LogP contribution >= 0.6 is 11.3 Å². The third-order valence-corrected chi connectivity index (χ3v) is 7.08. The van der Waals surface area contributed by atoms with Gasteiger partial charge in [0.2, 0.25) is 11.7 Å². The number of hydrogen-bond acceptors (Lipinski definition) is 9. The van der Waals surface area contributed by atoms with Crippen molar-refractivity contribution in [1.82, 2.24) is 15.0 Å². The maximum Gasteiger partial charge on any atom is 0.278 e. The second-order valence-electron chi connectivity index (χ2n) is 9.73. The number of rotatable bonds is 12. The minimum Gasteiger partial charge on any atom is -0.489 e. The van der Waals surface area contributed by atoms with Crippen LogP contribution in [0.1, 0.15) is 50.8 Å². The third-order valence-electron chi connectivity index (χ3n) is 6.27. The molecule has 1 aliphatic heterocycles. The van der Waals surface area contributed by atoms with Crippen molar-refractivity contribution in [3.8, 4) is 11.6 Å². The number of Topliss-reactive ketones (excluding diaryl/α,β-unsaturated/α-hetero) is 1. The number of amides is 1. The fraction of sp³-hybridized carbons (Fsp3) is 0.444. The molecule has 3 heterocycles. The molecule has 3 aromatic rings. The molecule has 1 amide bonds. The molecule has 1 aromatic carbocycles. The van der Waals surface area contributed by atoms with Crippen LogP contribution in [0.2, 0.25) is 0 Å². The number of carbonyl (C=O) groups is 2. The molecule has 4 rings (SSSR count). The number of anilines is 2. The van der Waals surface area contributed by atoms with Crippen LogP contribution < -0.4 is 19.7 Å². The zero-order valence-corrected chi connectivity index (χ0v) is 23.1. The number of benzene rings is 1. The first kappa shape index (κ1) is 29.2. The van der Waals surface area contributed by atoms with Crippen LogP contribution in [0.3, 0.4) is 0 Å². The van der Waals surface area contributed by atoms with Crippen LogP contribution in [-0.2, 0) is 16.0 Å². The van der Waals surface area contributed by atoms with Gasteiger partial charge in [-0.1, -0.05) is 19.1 Å². The average Bonchev–Trinajstić information content (AvgIpc) is 3.55. The van der Waals surface area contributed by atoms with Crippen LogP contribution in [0, 0.1) is 5.82 Å². The highest BCUT2D eigenvalue weighted by atomic mass is 32.1. The lowest BCUT2D eigenvalue weighted by Crippen LogP contribution is -2.27. The van der Waals surface area contributed by atoms with Crippen LogP contribution in [0.4, 0.5) is 24.1 Å². The molecule has 0 saturated carbocycles. The summed E-state index contributed by atoms with van der Waals surface area (Å²) >= 11 is 1.32. The van der Waals surface area contributed by atoms with Crippen LogP contribution in [0.25, 0.3) is 0 Å². The molecule has 1 fully saturated rings. The van der Waals surface area contributed by atoms with Gasteiger partial charge in [0, 0.05) is 44.5 Å². The predicted octanol–water partition coefficient (Wildman–Crippen LogP) is 5.03. The van der Waals surface area contributed by atoms with Gasteiger partial charge in [0.1, 0.15) is 24.0 Å². The van der Waals surface area contributed by atoms with Crippen molar-refractivity contribution >= 4 is 34.0 Å². The molecule has 0 spiro atoms. The van der Waals surface area contributed by atoms with Crippen molar-refractivity contribution in [2.75, 3.05) is 29.9 Å². The van der Waals surface area contributed by atoms with Gasteiger partial charge in [0.15, 0.2) is 17.6 Å². The topological polar surface area (TPSA) is 107 Å². The highest BCUT2D eigenvalue weighted by Crippen LogP contribution is 2.29. The Hall–Kier alpha value is -3.74. The summed E-state index contributed by atoms with van der Waals surface area (Å²) in [6.07, 6.45) is 2.25. The van der Waals surface area contributed by atoms with E-state index in [1.165, 1.54) is 18.3 Å². The smallest absolute Gasteiger partial charge is 0.278 e. The molecule has 9 nitrogen and oxygen atoms in total. The molecule has 0 aliphatic carbocycles. The summed E-state index contributed by atoms with van der Waals surface area (Å²) in [4.78, 5) is 37.5. The fourth-order valence-electron chi connectivity index (χ4n) is 4.19. The average molecular weight is 578 g/mol. The normalized spacial score (nSPS) is 16.1. The molecule has 2 aromatic heterocycles. The van der Waals surface area contributed by atoms with Crippen molar-refractivity contribution in [2.45, 2.75) is 58.0 Å². The first-order valence-electron chi connectivity index (χ1n) is 12.8. The lowest BCUT2D eigenvalue weighted by atomic mass is 9.94. The monoisotopic (exact) mass is 577 g/mol. The second kappa shape index (κ2) is 12.6. The number of halogens is 3. The maximum atomic E-state index is 14.8. The SMILES string of the molecule is CC(=O)Nc1nc(CCC(=O)C(C)c2ccc(O[C@@H]3CCN(c4ncnc(OCC(C)(F)F)c4F)C3)cc2)cs1. The summed E-state index contributed by atoms with van der Waals surface area (Å²) in [5.74, 6) is -4.36. The highest BCUT2D eigenvalue weighted by Gasteiger charge is 2.30. The number of aromatic nitrogens is 3. The first-order valence-corrected chi connectivity index (χ1v) is 13.6. The van der Waals surface area contributed by atoms with Crippen molar-refractivity contribution < 1.29 is 32.2 Å². The van der Waals surface area contributed by atoms with Gasteiger partial charge in [-0.15, -0.1) is 11.3 Å². The summed E-state index contributed by atoms with van der Waals surface area (Å²) < 4.78 is 51.9. The Bertz CT molecular complexity index is 1330. The van der Waals surface area contributed by atoms with Gasteiger partial charge in [-0.05, 0) is 24.1 Å². The Labute approximate surface area is 233 Å². The summed E-state index contributed by atoms with van der Waals surface area (Å²) in [5.41, 5.74) is 1.62. The number of nitrogens with one attached hydrogen (secondary N) is 1. The molecule has 1 N–H and O–H groups in total. The zero-order valence-electron chi connectivity index (χ0n) is 22.3. The minimum absolute atomic E-state index is 0.0257. The van der Waals surface area contributed by atoms with E-state index in [4.69, 9.17) is 9.47 Å². The van der Waals surface area contributed by atoms with Gasteiger partial charge >= 0.3 is 0 Å². The lowest BCUT2D eigenvalue weighted by molar-refractivity contribution is -0.120. The molecule has 0 radical (unpaired) electrons. The Balaban J connectivity index is 1.28.